The van der Waals surface area contributed by atoms with Gasteiger partial charge in [0.1, 0.15) is 0 Å². The number of rotatable bonds is 1. The summed E-state index contributed by atoms with van der Waals surface area (Å²) in [4.78, 5) is 6.25. The van der Waals surface area contributed by atoms with Crippen LogP contribution in [0.15, 0.2) is 12.4 Å². The van der Waals surface area contributed by atoms with Crippen LogP contribution in [0.2, 0.25) is 5.02 Å². The number of nitrogen functional groups attached to an aromatic ring is 1. The van der Waals surface area contributed by atoms with Gasteiger partial charge in [0.25, 0.3) is 0 Å². The molecule has 4 heteroatoms. The molecule has 0 amide bonds. The number of halogens is 1. The molecule has 1 aliphatic carbocycles. The van der Waals surface area contributed by atoms with Crippen LogP contribution in [0.5, 0.6) is 0 Å². The van der Waals surface area contributed by atoms with E-state index < -0.39 is 0 Å². The fourth-order valence-electron chi connectivity index (χ4n) is 2.36. The summed E-state index contributed by atoms with van der Waals surface area (Å²) in [7, 11) is 0. The molecule has 2 aliphatic rings. The smallest absolute Gasteiger partial charge is 0.0843 e. The maximum atomic E-state index is 6.09. The first kappa shape index (κ1) is 8.36. The number of hydrogen-bond acceptors (Lipinski definition) is 3. The van der Waals surface area contributed by atoms with Crippen molar-refractivity contribution in [3.63, 3.8) is 0 Å². The lowest BCUT2D eigenvalue weighted by Crippen LogP contribution is -2.23. The second-order valence-electron chi connectivity index (χ2n) is 4.22. The number of piperidine rings is 1. The molecule has 74 valence electrons. The second kappa shape index (κ2) is 2.76. The van der Waals surface area contributed by atoms with Crippen molar-refractivity contribution in [2.75, 3.05) is 23.7 Å². The van der Waals surface area contributed by atoms with E-state index in [2.05, 4.69) is 9.88 Å². The highest BCUT2D eigenvalue weighted by atomic mass is 35.5. The first-order valence-electron chi connectivity index (χ1n) is 4.89. The Hall–Kier alpha value is -0.960. The van der Waals surface area contributed by atoms with Gasteiger partial charge in [-0.25, -0.2) is 0 Å². The largest absolute Gasteiger partial charge is 0.396 e. The minimum Gasteiger partial charge on any atom is -0.396 e. The number of anilines is 2. The standard InChI is InChI=1S/C10H12ClN3/c11-8-2-13-3-9(12)10(8)14-4-6-1-7(6)5-14/h2-3,6-7H,1,4-5,12H2. The molecule has 1 saturated carbocycles. The Kier molecular flexibility index (Phi) is 1.65. The third kappa shape index (κ3) is 1.16. The predicted octanol–water partition coefficient (Wildman–Crippen LogP) is 1.77. The molecule has 14 heavy (non-hydrogen) atoms. The van der Waals surface area contributed by atoms with Gasteiger partial charge in [0.05, 0.1) is 22.6 Å². The SMILES string of the molecule is Nc1cncc(Cl)c1N1CC2CC2C1. The van der Waals surface area contributed by atoms with Gasteiger partial charge in [-0.1, -0.05) is 11.6 Å². The molecule has 2 unspecified atom stereocenters. The van der Waals surface area contributed by atoms with Gasteiger partial charge in [-0.3, -0.25) is 4.98 Å². The number of aromatic nitrogens is 1. The highest BCUT2D eigenvalue weighted by molar-refractivity contribution is 6.33. The number of pyridine rings is 1. The van der Waals surface area contributed by atoms with Gasteiger partial charge >= 0.3 is 0 Å². The van der Waals surface area contributed by atoms with Crippen LogP contribution in [0.25, 0.3) is 0 Å². The molecule has 3 rings (SSSR count). The summed E-state index contributed by atoms with van der Waals surface area (Å²) >= 11 is 6.09. The maximum Gasteiger partial charge on any atom is 0.0843 e. The third-order valence-electron chi connectivity index (χ3n) is 3.20. The van der Waals surface area contributed by atoms with Crippen LogP contribution in [0, 0.1) is 11.8 Å². The van der Waals surface area contributed by atoms with Gasteiger partial charge in [0.2, 0.25) is 0 Å². The van der Waals surface area contributed by atoms with E-state index in [1.54, 1.807) is 12.4 Å². The van der Waals surface area contributed by atoms with Crippen LogP contribution in [0.1, 0.15) is 6.42 Å². The summed E-state index contributed by atoms with van der Waals surface area (Å²) < 4.78 is 0. The van der Waals surface area contributed by atoms with Gasteiger partial charge in [-0.2, -0.15) is 0 Å². The molecule has 2 heterocycles. The number of hydrogen-bond donors (Lipinski definition) is 1. The van der Waals surface area contributed by atoms with E-state index in [9.17, 15) is 0 Å². The van der Waals surface area contributed by atoms with Crippen LogP contribution in [-0.2, 0) is 0 Å². The van der Waals surface area contributed by atoms with E-state index in [4.69, 9.17) is 17.3 Å². The van der Waals surface area contributed by atoms with Crippen molar-refractivity contribution in [1.82, 2.24) is 4.98 Å². The van der Waals surface area contributed by atoms with Crippen LogP contribution in [0.4, 0.5) is 11.4 Å². The molecule has 0 radical (unpaired) electrons. The summed E-state index contributed by atoms with van der Waals surface area (Å²) in [5.74, 6) is 1.78. The fraction of sp³-hybridized carbons (Fsp3) is 0.500. The van der Waals surface area contributed by atoms with Gasteiger partial charge in [-0.15, -0.1) is 0 Å². The van der Waals surface area contributed by atoms with Crippen LogP contribution < -0.4 is 10.6 Å². The van der Waals surface area contributed by atoms with Gasteiger partial charge in [0, 0.05) is 19.3 Å². The van der Waals surface area contributed by atoms with E-state index >= 15 is 0 Å². The van der Waals surface area contributed by atoms with Gasteiger partial charge in [-0.05, 0) is 18.3 Å². The van der Waals surface area contributed by atoms with Gasteiger partial charge in [0.15, 0.2) is 0 Å². The molecule has 1 saturated heterocycles. The van der Waals surface area contributed by atoms with Crippen molar-refractivity contribution in [3.05, 3.63) is 17.4 Å². The van der Waals surface area contributed by atoms with Crippen molar-refractivity contribution in [1.29, 1.82) is 0 Å². The summed E-state index contributed by atoms with van der Waals surface area (Å²) in [5, 5.41) is 0.673. The molecule has 2 N–H and O–H groups in total. The Morgan fingerprint density at radius 3 is 2.71 bits per heavy atom. The summed E-state index contributed by atoms with van der Waals surface area (Å²) in [6, 6.07) is 0. The molecule has 0 bridgehead atoms. The molecule has 2 atom stereocenters. The van der Waals surface area contributed by atoms with Crippen LogP contribution >= 0.6 is 11.6 Å². The molecule has 2 fully saturated rings. The molecule has 0 aromatic carbocycles. The first-order chi connectivity index (χ1) is 6.75. The maximum absolute atomic E-state index is 6.09. The average molecular weight is 210 g/mol. The van der Waals surface area contributed by atoms with Crippen molar-refractivity contribution in [2.24, 2.45) is 11.8 Å². The Labute approximate surface area is 87.9 Å². The molecule has 1 aromatic rings. The van der Waals surface area contributed by atoms with Crippen molar-refractivity contribution < 1.29 is 0 Å². The average Bonchev–Trinajstić information content (AvgIpc) is 2.74. The molecule has 0 spiro atoms. The zero-order chi connectivity index (χ0) is 9.71. The Balaban J connectivity index is 1.95. The lowest BCUT2D eigenvalue weighted by atomic mass is 10.3. The first-order valence-corrected chi connectivity index (χ1v) is 5.27. The third-order valence-corrected chi connectivity index (χ3v) is 3.47. The van der Waals surface area contributed by atoms with Crippen molar-refractivity contribution >= 4 is 23.0 Å². The minimum absolute atomic E-state index is 0.673. The summed E-state index contributed by atoms with van der Waals surface area (Å²) in [5.41, 5.74) is 7.55. The summed E-state index contributed by atoms with van der Waals surface area (Å²) in [6.07, 6.45) is 4.72. The highest BCUT2D eigenvalue weighted by Gasteiger charge is 2.45. The number of fused-ring (bicyclic) bond motifs is 1. The lowest BCUT2D eigenvalue weighted by Gasteiger charge is -2.22. The van der Waals surface area contributed by atoms with Gasteiger partial charge < -0.3 is 10.6 Å². The van der Waals surface area contributed by atoms with E-state index in [-0.39, 0.29) is 0 Å². The highest BCUT2D eigenvalue weighted by Crippen LogP contribution is 2.48. The van der Waals surface area contributed by atoms with Crippen molar-refractivity contribution in [3.8, 4) is 0 Å². The van der Waals surface area contributed by atoms with E-state index in [1.807, 2.05) is 0 Å². The molecule has 3 nitrogen and oxygen atoms in total. The Bertz CT molecular complexity index is 349. The zero-order valence-electron chi connectivity index (χ0n) is 7.78. The molecule has 1 aliphatic heterocycles. The molecule has 1 aromatic heterocycles. The van der Waals surface area contributed by atoms with E-state index in [0.29, 0.717) is 10.7 Å². The van der Waals surface area contributed by atoms with Crippen LogP contribution in [0.3, 0.4) is 0 Å². The van der Waals surface area contributed by atoms with E-state index in [0.717, 1.165) is 30.6 Å². The second-order valence-corrected chi connectivity index (χ2v) is 4.63. The summed E-state index contributed by atoms with van der Waals surface area (Å²) in [6.45, 7) is 2.22. The zero-order valence-corrected chi connectivity index (χ0v) is 8.54. The Morgan fingerprint density at radius 2 is 2.07 bits per heavy atom. The number of nitrogens with two attached hydrogens (primary N) is 1. The fourth-order valence-corrected chi connectivity index (χ4v) is 2.64. The van der Waals surface area contributed by atoms with Crippen LogP contribution in [-0.4, -0.2) is 18.1 Å². The normalized spacial score (nSPS) is 29.1. The topological polar surface area (TPSA) is 42.1 Å². The minimum atomic E-state index is 0.673. The van der Waals surface area contributed by atoms with E-state index in [1.165, 1.54) is 6.42 Å². The number of nitrogens with zero attached hydrogens (tertiary/aromatic N) is 2. The van der Waals surface area contributed by atoms with Crippen molar-refractivity contribution in [2.45, 2.75) is 6.42 Å². The Morgan fingerprint density at radius 1 is 1.36 bits per heavy atom. The monoisotopic (exact) mass is 209 g/mol. The molecular formula is C10H12ClN3. The predicted molar refractivity (Wildman–Crippen MR) is 57.5 cm³/mol. The molecular weight excluding hydrogens is 198 g/mol. The quantitative estimate of drug-likeness (QED) is 0.767. The lowest BCUT2D eigenvalue weighted by molar-refractivity contribution is 0.820.